The molecular weight excluding hydrogens is 839 g/mol. The van der Waals surface area contributed by atoms with E-state index in [4.69, 9.17) is 9.47 Å². The SMILES string of the molecule is Cc1cc2c(c(O)c1C)[C@@H]1C3Cc4c(O)c(C)c5c(c4[C@H](CNC(=O)[C@H](C)NC(=O)CCc4ccccc4)N3[C@@H](O)[C@H](C2)N1C)OCO5.[Ac]. The van der Waals surface area contributed by atoms with Crippen LogP contribution in [0.1, 0.15) is 69.9 Å². The van der Waals surface area contributed by atoms with Crippen LogP contribution in [0.2, 0.25) is 0 Å². The zero-order valence-corrected chi connectivity index (χ0v) is 33.4. The van der Waals surface area contributed by atoms with E-state index in [1.165, 1.54) is 0 Å². The maximum absolute atomic E-state index is 13.5. The topological polar surface area (TPSA) is 144 Å². The third-order valence-corrected chi connectivity index (χ3v) is 11.0. The summed E-state index contributed by atoms with van der Waals surface area (Å²) in [5.74, 6) is 0.734. The molecule has 4 heterocycles. The first kappa shape index (κ1) is 35.9. The Morgan fingerprint density at radius 3 is 2.43 bits per heavy atom. The number of piperazine rings is 1. The van der Waals surface area contributed by atoms with Crippen LogP contribution in [0.3, 0.4) is 0 Å². The van der Waals surface area contributed by atoms with E-state index in [1.54, 1.807) is 13.8 Å². The molecule has 0 spiro atoms. The quantitative estimate of drug-likeness (QED) is 0.242. The molecule has 7 rings (SSSR count). The normalized spacial score (nSPS) is 24.2. The zero-order valence-electron chi connectivity index (χ0n) is 28.6. The molecule has 257 valence electrons. The Balaban J connectivity index is 0.00000417. The van der Waals surface area contributed by atoms with Crippen molar-refractivity contribution in [3.05, 3.63) is 80.9 Å². The van der Waals surface area contributed by atoms with Gasteiger partial charge in [-0.05, 0) is 76.3 Å². The molecule has 49 heavy (non-hydrogen) atoms. The van der Waals surface area contributed by atoms with Gasteiger partial charge in [-0.1, -0.05) is 36.4 Å². The number of aromatic hydroxyl groups is 2. The van der Waals surface area contributed by atoms with E-state index in [-0.39, 0.29) is 105 Å². The molecule has 4 aliphatic rings. The Hall–Kier alpha value is -2.88. The number of carbonyl (C=O) groups is 2. The van der Waals surface area contributed by atoms with E-state index in [2.05, 4.69) is 21.6 Å². The maximum atomic E-state index is 13.5. The van der Waals surface area contributed by atoms with Crippen molar-refractivity contribution in [1.29, 1.82) is 0 Å². The van der Waals surface area contributed by atoms with E-state index < -0.39 is 18.3 Å². The van der Waals surface area contributed by atoms with Crippen molar-refractivity contribution in [3.8, 4) is 23.0 Å². The largest absolute Gasteiger partial charge is 0.507 e. The van der Waals surface area contributed by atoms with Crippen molar-refractivity contribution in [3.63, 3.8) is 0 Å². The number of phenolic OH excluding ortho intramolecular Hbond substituents is 2. The molecule has 0 aliphatic carbocycles. The first-order valence-electron chi connectivity index (χ1n) is 16.7. The van der Waals surface area contributed by atoms with Gasteiger partial charge in [0, 0.05) is 85.3 Å². The van der Waals surface area contributed by atoms with Gasteiger partial charge >= 0.3 is 0 Å². The van der Waals surface area contributed by atoms with Gasteiger partial charge in [0.1, 0.15) is 23.8 Å². The molecule has 0 saturated carbocycles. The average Bonchev–Trinajstić information content (AvgIpc) is 3.57. The first-order chi connectivity index (χ1) is 23.0. The fourth-order valence-electron chi connectivity index (χ4n) is 8.35. The molecule has 4 aliphatic heterocycles. The van der Waals surface area contributed by atoms with Crippen LogP contribution >= 0.6 is 0 Å². The molecular formula is C37H44AcN4O7. The second kappa shape index (κ2) is 14.0. The van der Waals surface area contributed by atoms with E-state index in [0.29, 0.717) is 47.5 Å². The van der Waals surface area contributed by atoms with E-state index in [9.17, 15) is 24.9 Å². The van der Waals surface area contributed by atoms with Gasteiger partial charge in [-0.25, -0.2) is 0 Å². The van der Waals surface area contributed by atoms with E-state index >= 15 is 0 Å². The number of aryl methyl sites for hydroxylation is 2. The van der Waals surface area contributed by atoms with Gasteiger partial charge in [0.2, 0.25) is 18.6 Å². The molecule has 6 atom stereocenters. The summed E-state index contributed by atoms with van der Waals surface area (Å²) >= 11 is 0. The minimum atomic E-state index is -0.931. The summed E-state index contributed by atoms with van der Waals surface area (Å²) in [6.07, 6.45) is 0.807. The number of benzene rings is 3. The van der Waals surface area contributed by atoms with Crippen LogP contribution in [-0.4, -0.2) is 81.7 Å². The number of carbonyl (C=O) groups excluding carboxylic acids is 2. The maximum Gasteiger partial charge on any atom is 0.242 e. The third kappa shape index (κ3) is 6.12. The summed E-state index contributed by atoms with van der Waals surface area (Å²) in [6.45, 7) is 7.42. The van der Waals surface area contributed by atoms with Crippen LogP contribution in [0, 0.1) is 64.8 Å². The van der Waals surface area contributed by atoms with Crippen LogP contribution in [0.4, 0.5) is 0 Å². The van der Waals surface area contributed by atoms with Crippen molar-refractivity contribution in [1.82, 2.24) is 20.4 Å². The minimum Gasteiger partial charge on any atom is -0.507 e. The molecule has 1 unspecified atom stereocenters. The number of aliphatic hydroxyl groups is 1. The molecule has 12 heteroatoms. The van der Waals surface area contributed by atoms with Crippen molar-refractivity contribution < 1.29 is 78.4 Å². The zero-order chi connectivity index (χ0) is 34.0. The fraction of sp³-hybridized carbons (Fsp3) is 0.459. The van der Waals surface area contributed by atoms with Crippen LogP contribution < -0.4 is 20.1 Å². The molecule has 11 nitrogen and oxygen atoms in total. The van der Waals surface area contributed by atoms with Gasteiger partial charge in [0.15, 0.2) is 11.5 Å². The molecule has 5 N–H and O–H groups in total. The Labute approximate surface area is 322 Å². The van der Waals surface area contributed by atoms with Gasteiger partial charge < -0.3 is 35.4 Å². The van der Waals surface area contributed by atoms with Crippen LogP contribution in [0.25, 0.3) is 0 Å². The molecule has 1 radical (unpaired) electrons. The fourth-order valence-corrected chi connectivity index (χ4v) is 8.35. The third-order valence-electron chi connectivity index (χ3n) is 11.0. The molecule has 2 amide bonds. The van der Waals surface area contributed by atoms with Crippen LogP contribution in [0.5, 0.6) is 23.0 Å². The van der Waals surface area contributed by atoms with Crippen LogP contribution in [-0.2, 0) is 28.9 Å². The van der Waals surface area contributed by atoms with Gasteiger partial charge in [-0.2, -0.15) is 0 Å². The summed E-state index contributed by atoms with van der Waals surface area (Å²) in [5.41, 5.74) is 6.64. The van der Waals surface area contributed by atoms with Gasteiger partial charge in [-0.15, -0.1) is 0 Å². The second-order valence-electron chi connectivity index (χ2n) is 13.7. The number of aliphatic hydroxyl groups excluding tert-OH is 1. The summed E-state index contributed by atoms with van der Waals surface area (Å²) in [4.78, 5) is 30.4. The monoisotopic (exact) mass is 883 g/mol. The van der Waals surface area contributed by atoms with Gasteiger partial charge in [0.25, 0.3) is 0 Å². The van der Waals surface area contributed by atoms with Crippen molar-refractivity contribution in [2.24, 2.45) is 0 Å². The number of amides is 2. The van der Waals surface area contributed by atoms with Crippen molar-refractivity contribution >= 4 is 11.8 Å². The number of nitrogens with zero attached hydrogens (tertiary/aromatic N) is 2. The number of rotatable bonds is 7. The van der Waals surface area contributed by atoms with Crippen molar-refractivity contribution in [2.75, 3.05) is 20.4 Å². The van der Waals surface area contributed by atoms with Crippen molar-refractivity contribution in [2.45, 2.75) is 89.8 Å². The summed E-state index contributed by atoms with van der Waals surface area (Å²) in [7, 11) is 1.98. The predicted molar refractivity (Wildman–Crippen MR) is 178 cm³/mol. The Kier molecular flexibility index (Phi) is 10.3. The Bertz CT molecular complexity index is 1790. The molecule has 3 aromatic carbocycles. The number of ether oxygens (including phenoxy) is 2. The number of likely N-dealkylation sites (N-methyl/N-ethyl adjacent to an activating group) is 1. The average molecular weight is 884 g/mol. The molecule has 0 aromatic heterocycles. The predicted octanol–water partition coefficient (Wildman–Crippen LogP) is 3.20. The summed E-state index contributed by atoms with van der Waals surface area (Å²) in [6, 6.07) is 9.50. The molecule has 1 fully saturated rings. The number of nitrogens with one attached hydrogen (secondary N) is 2. The molecule has 3 aromatic rings. The van der Waals surface area contributed by atoms with Crippen LogP contribution in [0.15, 0.2) is 36.4 Å². The number of phenols is 2. The number of hydrogen-bond acceptors (Lipinski definition) is 9. The Morgan fingerprint density at radius 1 is 0.980 bits per heavy atom. The van der Waals surface area contributed by atoms with Gasteiger partial charge in [0.05, 0.1) is 18.1 Å². The van der Waals surface area contributed by atoms with Gasteiger partial charge in [-0.3, -0.25) is 19.4 Å². The number of hydrogen-bond donors (Lipinski definition) is 5. The summed E-state index contributed by atoms with van der Waals surface area (Å²) in [5, 5.41) is 41.1. The minimum absolute atomic E-state index is 0. The first-order valence-corrected chi connectivity index (χ1v) is 16.7. The molecule has 2 bridgehead atoms. The van der Waals surface area contributed by atoms with E-state index in [0.717, 1.165) is 27.8 Å². The number of fused-ring (bicyclic) bond motifs is 9. The van der Waals surface area contributed by atoms with E-state index in [1.807, 2.05) is 56.1 Å². The smallest absolute Gasteiger partial charge is 0.242 e. The molecule has 1 saturated heterocycles. The standard InChI is InChI=1S/C37H44N4O7.Ac/c1-18-13-23-14-26-37(46)41-25(31(40(26)5)29(23)33(44)19(18)2)15-24-30(35-34(47-17-48-35)20(3)32(24)43)27(41)16-38-36(45)21(4)39-28(42)12-11-22-9-7-6-8-10-22;/h6-10,13,21,25-27,31,37,43-44,46H,11-12,14-17H2,1-5H3,(H,38,45)(H,39,42);/t21-,25?,26-,27-,31-,37-;/m0./s1. The second-order valence-corrected chi connectivity index (χ2v) is 13.7. The Morgan fingerprint density at radius 2 is 1.69 bits per heavy atom. The summed E-state index contributed by atoms with van der Waals surface area (Å²) < 4.78 is 11.8.